The molecule has 80 valence electrons. The van der Waals surface area contributed by atoms with Gasteiger partial charge in [-0.25, -0.2) is 4.98 Å². The normalized spacial score (nSPS) is 20.8. The lowest BCUT2D eigenvalue weighted by molar-refractivity contribution is -0.122. The molecule has 0 aromatic carbocycles. The number of anilines is 2. The number of aromatic nitrogens is 1. The van der Waals surface area contributed by atoms with E-state index in [0.717, 1.165) is 12.2 Å². The second-order valence-corrected chi connectivity index (χ2v) is 3.66. The number of nitrogens with two attached hydrogens (primary N) is 1. The zero-order chi connectivity index (χ0) is 10.7. The van der Waals surface area contributed by atoms with E-state index in [-0.39, 0.29) is 11.9 Å². The lowest BCUT2D eigenvalue weighted by Gasteiger charge is -2.23. The van der Waals surface area contributed by atoms with E-state index in [9.17, 15) is 4.79 Å². The van der Waals surface area contributed by atoms with E-state index in [4.69, 9.17) is 5.73 Å². The van der Waals surface area contributed by atoms with Gasteiger partial charge in [0.2, 0.25) is 5.91 Å². The van der Waals surface area contributed by atoms with E-state index < -0.39 is 0 Å². The van der Waals surface area contributed by atoms with Crippen LogP contribution in [0.5, 0.6) is 0 Å². The second kappa shape index (κ2) is 4.16. The van der Waals surface area contributed by atoms with Crippen molar-refractivity contribution >= 4 is 17.4 Å². The molecule has 4 N–H and O–H groups in total. The number of hydrogen-bond donors (Lipinski definition) is 3. The molecule has 1 aromatic heterocycles. The van der Waals surface area contributed by atoms with Crippen molar-refractivity contribution in [3.63, 3.8) is 0 Å². The summed E-state index contributed by atoms with van der Waals surface area (Å²) in [4.78, 5) is 15.1. The van der Waals surface area contributed by atoms with Gasteiger partial charge in [-0.05, 0) is 12.5 Å². The molecular formula is C10H14N4O. The van der Waals surface area contributed by atoms with Crippen LogP contribution in [0.15, 0.2) is 18.3 Å². The van der Waals surface area contributed by atoms with Gasteiger partial charge in [-0.15, -0.1) is 0 Å². The minimum atomic E-state index is 0.119. The van der Waals surface area contributed by atoms with Crippen molar-refractivity contribution in [3.8, 4) is 0 Å². The van der Waals surface area contributed by atoms with E-state index >= 15 is 0 Å². The predicted molar refractivity (Wildman–Crippen MR) is 58.3 cm³/mol. The van der Waals surface area contributed by atoms with Crippen LogP contribution >= 0.6 is 0 Å². The van der Waals surface area contributed by atoms with Gasteiger partial charge in [-0.3, -0.25) is 4.79 Å². The van der Waals surface area contributed by atoms with Crippen LogP contribution in [0, 0.1) is 0 Å². The highest BCUT2D eigenvalue weighted by atomic mass is 16.1. The highest BCUT2D eigenvalue weighted by Gasteiger charge is 2.17. The van der Waals surface area contributed by atoms with Gasteiger partial charge in [0.1, 0.15) is 5.82 Å². The van der Waals surface area contributed by atoms with Crippen LogP contribution < -0.4 is 16.4 Å². The number of piperidine rings is 1. The standard InChI is InChI=1S/C10H14N4O/c11-7-3-4-12-9(5-7)14-8-1-2-10(15)13-6-8/h3-5,8H,1-2,6H2,(H,13,15)(H3,11,12,14). The highest BCUT2D eigenvalue weighted by Crippen LogP contribution is 2.12. The summed E-state index contributed by atoms with van der Waals surface area (Å²) in [6.07, 6.45) is 3.07. The smallest absolute Gasteiger partial charge is 0.220 e. The van der Waals surface area contributed by atoms with Gasteiger partial charge in [0.05, 0.1) is 0 Å². The molecule has 1 atom stereocenters. The van der Waals surface area contributed by atoms with Crippen molar-refractivity contribution in [3.05, 3.63) is 18.3 Å². The van der Waals surface area contributed by atoms with Gasteiger partial charge in [-0.2, -0.15) is 0 Å². The first-order valence-electron chi connectivity index (χ1n) is 4.99. The SMILES string of the molecule is Nc1ccnc(NC2CCC(=O)NC2)c1. The summed E-state index contributed by atoms with van der Waals surface area (Å²) in [5.41, 5.74) is 6.32. The molecular weight excluding hydrogens is 192 g/mol. The number of nitrogens with one attached hydrogen (secondary N) is 2. The maximum absolute atomic E-state index is 10.9. The Morgan fingerprint density at radius 3 is 3.13 bits per heavy atom. The van der Waals surface area contributed by atoms with Gasteiger partial charge in [-0.1, -0.05) is 0 Å². The maximum atomic E-state index is 10.9. The monoisotopic (exact) mass is 206 g/mol. The Morgan fingerprint density at radius 2 is 2.47 bits per heavy atom. The number of hydrogen-bond acceptors (Lipinski definition) is 4. The fourth-order valence-electron chi connectivity index (χ4n) is 1.59. The Labute approximate surface area is 88.1 Å². The molecule has 1 saturated heterocycles. The molecule has 0 aliphatic carbocycles. The summed E-state index contributed by atoms with van der Waals surface area (Å²) in [5.74, 6) is 0.879. The molecule has 5 nitrogen and oxygen atoms in total. The zero-order valence-electron chi connectivity index (χ0n) is 8.36. The summed E-state index contributed by atoms with van der Waals surface area (Å²) in [5, 5.41) is 6.04. The molecule has 0 radical (unpaired) electrons. The van der Waals surface area contributed by atoms with Crippen LogP contribution in [0.1, 0.15) is 12.8 Å². The van der Waals surface area contributed by atoms with Crippen molar-refractivity contribution in [1.29, 1.82) is 0 Å². The second-order valence-electron chi connectivity index (χ2n) is 3.66. The molecule has 1 aromatic rings. The minimum absolute atomic E-state index is 0.119. The van der Waals surface area contributed by atoms with E-state index in [1.807, 2.05) is 0 Å². The fourth-order valence-corrected chi connectivity index (χ4v) is 1.59. The summed E-state index contributed by atoms with van der Waals surface area (Å²) >= 11 is 0. The van der Waals surface area contributed by atoms with Crippen LogP contribution in [-0.2, 0) is 4.79 Å². The molecule has 5 heteroatoms. The number of rotatable bonds is 2. The van der Waals surface area contributed by atoms with E-state index in [1.54, 1.807) is 18.3 Å². The van der Waals surface area contributed by atoms with Crippen molar-refractivity contribution < 1.29 is 4.79 Å². The molecule has 0 spiro atoms. The van der Waals surface area contributed by atoms with Gasteiger partial charge in [0.15, 0.2) is 0 Å². The Bertz CT molecular complexity index is 356. The molecule has 2 heterocycles. The van der Waals surface area contributed by atoms with Crippen LogP contribution in [0.25, 0.3) is 0 Å². The number of nitrogen functional groups attached to an aromatic ring is 1. The summed E-state index contributed by atoms with van der Waals surface area (Å²) < 4.78 is 0. The Hall–Kier alpha value is -1.78. The molecule has 15 heavy (non-hydrogen) atoms. The van der Waals surface area contributed by atoms with Crippen LogP contribution in [0.2, 0.25) is 0 Å². The quantitative estimate of drug-likeness (QED) is 0.652. The third-order valence-corrected chi connectivity index (χ3v) is 2.40. The van der Waals surface area contributed by atoms with Crippen LogP contribution in [-0.4, -0.2) is 23.5 Å². The largest absolute Gasteiger partial charge is 0.399 e. The van der Waals surface area contributed by atoms with Crippen LogP contribution in [0.3, 0.4) is 0 Å². The minimum Gasteiger partial charge on any atom is -0.399 e. The lowest BCUT2D eigenvalue weighted by atomic mass is 10.1. The number of carbonyl (C=O) groups is 1. The third-order valence-electron chi connectivity index (χ3n) is 2.40. The summed E-state index contributed by atoms with van der Waals surface area (Å²) in [6.45, 7) is 0.648. The van der Waals surface area contributed by atoms with Crippen molar-refractivity contribution in [1.82, 2.24) is 10.3 Å². The molecule has 0 saturated carbocycles. The van der Waals surface area contributed by atoms with Crippen molar-refractivity contribution in [2.75, 3.05) is 17.6 Å². The van der Waals surface area contributed by atoms with Gasteiger partial charge in [0, 0.05) is 37.0 Å². The van der Waals surface area contributed by atoms with Gasteiger partial charge in [0.25, 0.3) is 0 Å². The van der Waals surface area contributed by atoms with E-state index in [1.165, 1.54) is 0 Å². The topological polar surface area (TPSA) is 80.0 Å². The van der Waals surface area contributed by atoms with Crippen molar-refractivity contribution in [2.24, 2.45) is 0 Å². The van der Waals surface area contributed by atoms with E-state index in [2.05, 4.69) is 15.6 Å². The van der Waals surface area contributed by atoms with Gasteiger partial charge < -0.3 is 16.4 Å². The van der Waals surface area contributed by atoms with E-state index in [0.29, 0.717) is 18.7 Å². The third kappa shape index (κ3) is 2.59. The first-order valence-corrected chi connectivity index (χ1v) is 4.99. The first-order chi connectivity index (χ1) is 7.24. The summed E-state index contributed by atoms with van der Waals surface area (Å²) in [6, 6.07) is 3.78. The number of nitrogens with zero attached hydrogens (tertiary/aromatic N) is 1. The molecule has 1 aliphatic rings. The predicted octanol–water partition coefficient (Wildman–Crippen LogP) is 0.354. The molecule has 0 bridgehead atoms. The lowest BCUT2D eigenvalue weighted by Crippen LogP contribution is -2.42. The zero-order valence-corrected chi connectivity index (χ0v) is 8.36. The number of pyridine rings is 1. The van der Waals surface area contributed by atoms with Gasteiger partial charge >= 0.3 is 0 Å². The molecule has 1 amide bonds. The Balaban J connectivity index is 1.94. The highest BCUT2D eigenvalue weighted by molar-refractivity contribution is 5.77. The molecule has 2 rings (SSSR count). The molecule has 1 aliphatic heterocycles. The Morgan fingerprint density at radius 1 is 1.60 bits per heavy atom. The number of amides is 1. The average Bonchev–Trinajstić information content (AvgIpc) is 2.22. The number of carbonyl (C=O) groups excluding carboxylic acids is 1. The molecule has 1 fully saturated rings. The molecule has 1 unspecified atom stereocenters. The van der Waals surface area contributed by atoms with Crippen LogP contribution in [0.4, 0.5) is 11.5 Å². The van der Waals surface area contributed by atoms with Crippen molar-refractivity contribution in [2.45, 2.75) is 18.9 Å². The fraction of sp³-hybridized carbons (Fsp3) is 0.400. The first kappa shape index (κ1) is 9.76. The average molecular weight is 206 g/mol. The Kier molecular flexibility index (Phi) is 2.71. The summed E-state index contributed by atoms with van der Waals surface area (Å²) in [7, 11) is 0. The maximum Gasteiger partial charge on any atom is 0.220 e.